The van der Waals surface area contributed by atoms with Gasteiger partial charge in [0.25, 0.3) is 0 Å². The summed E-state index contributed by atoms with van der Waals surface area (Å²) in [6, 6.07) is 23.3. The summed E-state index contributed by atoms with van der Waals surface area (Å²) >= 11 is 0. The van der Waals surface area contributed by atoms with Crippen molar-refractivity contribution in [2.75, 3.05) is 22.4 Å². The second-order valence-corrected chi connectivity index (χ2v) is 9.53. The van der Waals surface area contributed by atoms with E-state index in [9.17, 15) is 18.0 Å². The second kappa shape index (κ2) is 8.87. The standard InChI is InChI=1S/C24H22N4O4S/c1-33(31,32)28(15-21(25)29)18-13-11-17(12-14-18)26-23(16-7-3-2-4-8-16)22-19-9-5-6-10-20(19)27-24(22)30/h2-14,22H,15H2,1H3,(H2,25,29)(H,27,30). The topological polar surface area (TPSA) is 122 Å². The third-order valence-electron chi connectivity index (χ3n) is 5.22. The molecular weight excluding hydrogens is 440 g/mol. The minimum atomic E-state index is -3.70. The molecule has 3 aromatic carbocycles. The van der Waals surface area contributed by atoms with E-state index in [1.54, 1.807) is 24.3 Å². The Bertz CT molecular complexity index is 1340. The van der Waals surface area contributed by atoms with E-state index in [1.165, 1.54) is 0 Å². The molecule has 9 heteroatoms. The Labute approximate surface area is 191 Å². The van der Waals surface area contributed by atoms with Crippen LogP contribution in [-0.2, 0) is 19.6 Å². The number of primary amides is 1. The maximum absolute atomic E-state index is 12.9. The van der Waals surface area contributed by atoms with Gasteiger partial charge in [-0.3, -0.25) is 18.9 Å². The van der Waals surface area contributed by atoms with E-state index in [0.717, 1.165) is 27.4 Å². The van der Waals surface area contributed by atoms with E-state index in [1.807, 2.05) is 54.6 Å². The number of nitrogens with one attached hydrogen (secondary N) is 1. The Morgan fingerprint density at radius 2 is 1.64 bits per heavy atom. The van der Waals surface area contributed by atoms with Gasteiger partial charge in [0.2, 0.25) is 21.8 Å². The van der Waals surface area contributed by atoms with Gasteiger partial charge in [0.05, 0.1) is 23.3 Å². The molecule has 0 aliphatic carbocycles. The van der Waals surface area contributed by atoms with Crippen LogP contribution in [0.5, 0.6) is 0 Å². The van der Waals surface area contributed by atoms with E-state index in [0.29, 0.717) is 17.1 Å². The fourth-order valence-corrected chi connectivity index (χ4v) is 4.63. The summed E-state index contributed by atoms with van der Waals surface area (Å²) in [5, 5.41) is 2.91. The molecule has 0 radical (unpaired) electrons. The number of nitrogens with two attached hydrogens (primary N) is 1. The first-order valence-corrected chi connectivity index (χ1v) is 12.0. The second-order valence-electron chi connectivity index (χ2n) is 7.62. The third-order valence-corrected chi connectivity index (χ3v) is 6.36. The minimum Gasteiger partial charge on any atom is -0.368 e. The summed E-state index contributed by atoms with van der Waals surface area (Å²) in [5.41, 5.74) is 8.99. The average Bonchev–Trinajstić information content (AvgIpc) is 3.12. The van der Waals surface area contributed by atoms with Gasteiger partial charge in [0.15, 0.2) is 0 Å². The fraction of sp³-hybridized carbons (Fsp3) is 0.125. The molecule has 3 aromatic rings. The molecule has 168 valence electrons. The zero-order valence-corrected chi connectivity index (χ0v) is 18.6. The van der Waals surface area contributed by atoms with Gasteiger partial charge in [-0.25, -0.2) is 8.42 Å². The van der Waals surface area contributed by atoms with Crippen LogP contribution in [0.25, 0.3) is 0 Å². The Morgan fingerprint density at radius 1 is 1.00 bits per heavy atom. The van der Waals surface area contributed by atoms with Gasteiger partial charge in [0.1, 0.15) is 12.5 Å². The van der Waals surface area contributed by atoms with Crippen LogP contribution in [0.4, 0.5) is 17.1 Å². The highest BCUT2D eigenvalue weighted by Crippen LogP contribution is 2.36. The van der Waals surface area contributed by atoms with Crippen molar-refractivity contribution in [3.63, 3.8) is 0 Å². The maximum Gasteiger partial charge on any atom is 0.238 e. The van der Waals surface area contributed by atoms with E-state index in [2.05, 4.69) is 5.32 Å². The van der Waals surface area contributed by atoms with Gasteiger partial charge >= 0.3 is 0 Å². The van der Waals surface area contributed by atoms with Crippen LogP contribution in [0.1, 0.15) is 17.0 Å². The predicted molar refractivity (Wildman–Crippen MR) is 128 cm³/mol. The molecule has 0 saturated heterocycles. The monoisotopic (exact) mass is 462 g/mol. The van der Waals surface area contributed by atoms with E-state index < -0.39 is 28.4 Å². The van der Waals surface area contributed by atoms with Crippen LogP contribution in [0.2, 0.25) is 0 Å². The molecule has 33 heavy (non-hydrogen) atoms. The van der Waals surface area contributed by atoms with Crippen LogP contribution in [0.15, 0.2) is 83.9 Å². The normalized spacial score (nSPS) is 15.6. The van der Waals surface area contributed by atoms with Crippen molar-refractivity contribution in [1.29, 1.82) is 0 Å². The molecule has 2 amide bonds. The van der Waals surface area contributed by atoms with E-state index in [4.69, 9.17) is 10.7 Å². The van der Waals surface area contributed by atoms with Crippen molar-refractivity contribution in [2.24, 2.45) is 10.7 Å². The summed E-state index contributed by atoms with van der Waals surface area (Å²) < 4.78 is 25.1. The lowest BCUT2D eigenvalue weighted by atomic mass is 9.90. The molecule has 8 nitrogen and oxygen atoms in total. The average molecular weight is 463 g/mol. The lowest BCUT2D eigenvalue weighted by Gasteiger charge is -2.20. The number of anilines is 2. The predicted octanol–water partition coefficient (Wildman–Crippen LogP) is 2.79. The highest BCUT2D eigenvalue weighted by Gasteiger charge is 2.35. The number of carbonyl (C=O) groups is 2. The van der Waals surface area contributed by atoms with Gasteiger partial charge < -0.3 is 11.1 Å². The number of para-hydroxylation sites is 1. The van der Waals surface area contributed by atoms with Crippen molar-refractivity contribution in [1.82, 2.24) is 0 Å². The van der Waals surface area contributed by atoms with Crippen molar-refractivity contribution in [3.8, 4) is 0 Å². The number of rotatable bonds is 7. The molecule has 0 aromatic heterocycles. The quantitative estimate of drug-likeness (QED) is 0.524. The lowest BCUT2D eigenvalue weighted by molar-refractivity contribution is -0.117. The number of nitrogens with zero attached hydrogens (tertiary/aromatic N) is 2. The molecule has 1 unspecified atom stereocenters. The number of sulfonamides is 1. The van der Waals surface area contributed by atoms with Crippen molar-refractivity contribution in [2.45, 2.75) is 5.92 Å². The van der Waals surface area contributed by atoms with E-state index >= 15 is 0 Å². The Morgan fingerprint density at radius 3 is 2.27 bits per heavy atom. The molecule has 3 N–H and O–H groups in total. The van der Waals surface area contributed by atoms with Crippen molar-refractivity contribution < 1.29 is 18.0 Å². The Kier molecular flexibility index (Phi) is 5.97. The molecule has 1 atom stereocenters. The highest BCUT2D eigenvalue weighted by molar-refractivity contribution is 7.92. The fourth-order valence-electron chi connectivity index (χ4n) is 3.76. The first-order valence-electron chi connectivity index (χ1n) is 10.1. The molecular formula is C24H22N4O4S. The van der Waals surface area contributed by atoms with Gasteiger partial charge in [0, 0.05) is 5.69 Å². The van der Waals surface area contributed by atoms with Gasteiger partial charge in [-0.05, 0) is 41.5 Å². The highest BCUT2D eigenvalue weighted by atomic mass is 32.2. The maximum atomic E-state index is 12.9. The number of fused-ring (bicyclic) bond motifs is 1. The third kappa shape index (κ3) is 4.78. The Hall–Kier alpha value is -3.98. The first kappa shape index (κ1) is 22.2. The summed E-state index contributed by atoms with van der Waals surface area (Å²) in [4.78, 5) is 29.0. The number of hydrogen-bond donors (Lipinski definition) is 2. The number of carbonyl (C=O) groups excluding carboxylic acids is 2. The zero-order chi connectivity index (χ0) is 23.6. The zero-order valence-electron chi connectivity index (χ0n) is 17.8. The van der Waals surface area contributed by atoms with Crippen LogP contribution < -0.4 is 15.4 Å². The number of benzene rings is 3. The van der Waals surface area contributed by atoms with Crippen LogP contribution in [0, 0.1) is 0 Å². The smallest absolute Gasteiger partial charge is 0.238 e. The molecule has 1 aliphatic rings. The summed E-state index contributed by atoms with van der Waals surface area (Å²) in [6.07, 6.45) is 1.01. The summed E-state index contributed by atoms with van der Waals surface area (Å²) in [6.45, 7) is -0.463. The van der Waals surface area contributed by atoms with Crippen molar-refractivity contribution >= 4 is 44.6 Å². The first-order chi connectivity index (χ1) is 15.7. The molecule has 0 saturated carbocycles. The number of hydrogen-bond acceptors (Lipinski definition) is 5. The number of aliphatic imine (C=N–C) groups is 1. The van der Waals surface area contributed by atoms with Gasteiger partial charge in [-0.15, -0.1) is 0 Å². The molecule has 4 rings (SSSR count). The van der Waals surface area contributed by atoms with E-state index in [-0.39, 0.29) is 5.91 Å². The van der Waals surface area contributed by atoms with Crippen LogP contribution in [0.3, 0.4) is 0 Å². The lowest BCUT2D eigenvalue weighted by Crippen LogP contribution is -2.37. The van der Waals surface area contributed by atoms with Gasteiger partial charge in [-0.2, -0.15) is 0 Å². The van der Waals surface area contributed by atoms with Gasteiger partial charge in [-0.1, -0.05) is 48.5 Å². The SMILES string of the molecule is CS(=O)(=O)N(CC(N)=O)c1ccc(N=C(c2ccccc2)C2C(=O)Nc3ccccc32)cc1. The molecule has 0 fully saturated rings. The summed E-state index contributed by atoms with van der Waals surface area (Å²) in [5.74, 6) is -1.52. The minimum absolute atomic E-state index is 0.167. The number of amides is 2. The van der Waals surface area contributed by atoms with Crippen molar-refractivity contribution in [3.05, 3.63) is 90.0 Å². The van der Waals surface area contributed by atoms with Crippen LogP contribution >= 0.6 is 0 Å². The largest absolute Gasteiger partial charge is 0.368 e. The molecule has 0 spiro atoms. The molecule has 1 aliphatic heterocycles. The molecule has 1 heterocycles. The molecule has 0 bridgehead atoms. The summed E-state index contributed by atoms with van der Waals surface area (Å²) in [7, 11) is -3.70. The Balaban J connectivity index is 1.77. The van der Waals surface area contributed by atoms with Crippen LogP contribution in [-0.4, -0.2) is 38.7 Å².